The number of aryl methyl sites for hydroxylation is 1. The molecule has 0 aliphatic carbocycles. The standard InChI is InChI=1S/C27H33N5O2/c1-3-29-27(33)30-21-10-7-9-20(17-21)26-24(19-28)23-12-11-22(18-25(23)32(26)4-2)34-16-8-15-31-13-5-6-14-31/h7,9-12,17-18H,3-6,8,13-16H2,1-2H3,(H2,29,30,33). The van der Waals surface area contributed by atoms with E-state index in [1.165, 1.54) is 25.9 Å². The van der Waals surface area contributed by atoms with Gasteiger partial charge in [0.05, 0.1) is 23.4 Å². The van der Waals surface area contributed by atoms with E-state index in [1.54, 1.807) is 0 Å². The first-order valence-corrected chi connectivity index (χ1v) is 12.2. The Morgan fingerprint density at radius 1 is 1.15 bits per heavy atom. The number of likely N-dealkylation sites (tertiary alicyclic amines) is 1. The van der Waals surface area contributed by atoms with Crippen LogP contribution in [0.15, 0.2) is 42.5 Å². The summed E-state index contributed by atoms with van der Waals surface area (Å²) in [7, 11) is 0. The number of aromatic nitrogens is 1. The lowest BCUT2D eigenvalue weighted by molar-refractivity contribution is 0.252. The monoisotopic (exact) mass is 459 g/mol. The predicted octanol–water partition coefficient (Wildman–Crippen LogP) is 5.21. The Morgan fingerprint density at radius 3 is 2.71 bits per heavy atom. The minimum atomic E-state index is -0.247. The molecular formula is C27H33N5O2. The van der Waals surface area contributed by atoms with Crippen LogP contribution in [0.4, 0.5) is 10.5 Å². The SMILES string of the molecule is CCNC(=O)Nc1cccc(-c2c(C#N)c3ccc(OCCCN4CCCC4)cc3n2CC)c1. The van der Waals surface area contributed by atoms with Gasteiger partial charge < -0.3 is 24.8 Å². The van der Waals surface area contributed by atoms with Crippen molar-refractivity contribution in [2.45, 2.75) is 39.7 Å². The number of urea groups is 1. The van der Waals surface area contributed by atoms with Gasteiger partial charge in [0.15, 0.2) is 0 Å². The summed E-state index contributed by atoms with van der Waals surface area (Å²) in [5, 5.41) is 16.5. The van der Waals surface area contributed by atoms with Gasteiger partial charge in [-0.15, -0.1) is 0 Å². The molecule has 34 heavy (non-hydrogen) atoms. The predicted molar refractivity (Wildman–Crippen MR) is 136 cm³/mol. The van der Waals surface area contributed by atoms with Gasteiger partial charge in [0.2, 0.25) is 0 Å². The van der Waals surface area contributed by atoms with E-state index in [9.17, 15) is 10.1 Å². The second-order valence-corrected chi connectivity index (χ2v) is 8.57. The molecule has 178 valence electrons. The van der Waals surface area contributed by atoms with Gasteiger partial charge in [-0.25, -0.2) is 4.79 Å². The Bertz CT molecular complexity index is 1190. The van der Waals surface area contributed by atoms with E-state index in [4.69, 9.17) is 4.74 Å². The molecule has 7 heteroatoms. The summed E-state index contributed by atoms with van der Waals surface area (Å²) >= 11 is 0. The number of anilines is 1. The summed E-state index contributed by atoms with van der Waals surface area (Å²) < 4.78 is 8.22. The zero-order chi connectivity index (χ0) is 23.9. The van der Waals surface area contributed by atoms with Crippen LogP contribution in [0.5, 0.6) is 5.75 Å². The molecule has 0 saturated carbocycles. The number of carbonyl (C=O) groups excluding carboxylic acids is 1. The van der Waals surface area contributed by atoms with Crippen LogP contribution in [-0.4, -0.2) is 48.3 Å². The molecule has 4 rings (SSSR count). The smallest absolute Gasteiger partial charge is 0.319 e. The molecule has 1 saturated heterocycles. The van der Waals surface area contributed by atoms with E-state index in [0.29, 0.717) is 30.9 Å². The van der Waals surface area contributed by atoms with Crippen LogP contribution in [0.1, 0.15) is 38.7 Å². The number of rotatable bonds is 9. The zero-order valence-corrected chi connectivity index (χ0v) is 20.1. The van der Waals surface area contributed by atoms with Crippen molar-refractivity contribution in [2.24, 2.45) is 0 Å². The number of fused-ring (bicyclic) bond motifs is 1. The van der Waals surface area contributed by atoms with Gasteiger partial charge in [-0.3, -0.25) is 0 Å². The van der Waals surface area contributed by atoms with Crippen molar-refractivity contribution in [3.63, 3.8) is 0 Å². The van der Waals surface area contributed by atoms with Crippen molar-refractivity contribution >= 4 is 22.6 Å². The molecule has 1 fully saturated rings. The second kappa shape index (κ2) is 11.1. The summed E-state index contributed by atoms with van der Waals surface area (Å²) in [5.41, 5.74) is 4.03. The number of nitriles is 1. The van der Waals surface area contributed by atoms with Crippen molar-refractivity contribution in [3.05, 3.63) is 48.0 Å². The number of nitrogens with one attached hydrogen (secondary N) is 2. The lowest BCUT2D eigenvalue weighted by Crippen LogP contribution is -2.28. The molecule has 2 N–H and O–H groups in total. The van der Waals surface area contributed by atoms with Crippen molar-refractivity contribution in [1.82, 2.24) is 14.8 Å². The van der Waals surface area contributed by atoms with E-state index < -0.39 is 0 Å². The number of amides is 2. The topological polar surface area (TPSA) is 82.3 Å². The van der Waals surface area contributed by atoms with Crippen LogP contribution < -0.4 is 15.4 Å². The van der Waals surface area contributed by atoms with Crippen LogP contribution in [0.2, 0.25) is 0 Å². The lowest BCUT2D eigenvalue weighted by Gasteiger charge is -2.14. The van der Waals surface area contributed by atoms with Crippen LogP contribution in [-0.2, 0) is 6.54 Å². The lowest BCUT2D eigenvalue weighted by atomic mass is 10.1. The highest BCUT2D eigenvalue weighted by molar-refractivity contribution is 5.96. The van der Waals surface area contributed by atoms with Gasteiger partial charge in [0.1, 0.15) is 11.8 Å². The molecule has 2 amide bonds. The number of ether oxygens (including phenoxy) is 1. The Kier molecular flexibility index (Phi) is 7.71. The third kappa shape index (κ3) is 5.18. The molecule has 7 nitrogen and oxygen atoms in total. The molecular weight excluding hydrogens is 426 g/mol. The first-order valence-electron chi connectivity index (χ1n) is 12.2. The maximum atomic E-state index is 12.0. The van der Waals surface area contributed by atoms with Gasteiger partial charge in [-0.2, -0.15) is 5.26 Å². The van der Waals surface area contributed by atoms with Gasteiger partial charge >= 0.3 is 6.03 Å². The highest BCUT2D eigenvalue weighted by Gasteiger charge is 2.19. The number of benzene rings is 2. The number of hydrogen-bond acceptors (Lipinski definition) is 4. The minimum Gasteiger partial charge on any atom is -0.493 e. The molecule has 0 bridgehead atoms. The fourth-order valence-electron chi connectivity index (χ4n) is 4.73. The van der Waals surface area contributed by atoms with Crippen LogP contribution in [0.3, 0.4) is 0 Å². The normalized spacial score (nSPS) is 13.7. The van der Waals surface area contributed by atoms with Gasteiger partial charge in [-0.1, -0.05) is 12.1 Å². The van der Waals surface area contributed by atoms with Crippen molar-refractivity contribution in [1.29, 1.82) is 5.26 Å². The summed E-state index contributed by atoms with van der Waals surface area (Å²) in [6, 6.07) is 15.8. The number of nitrogens with zero attached hydrogens (tertiary/aromatic N) is 3. The Balaban J connectivity index is 1.60. The van der Waals surface area contributed by atoms with Crippen molar-refractivity contribution in [3.8, 4) is 23.1 Å². The van der Waals surface area contributed by atoms with Gasteiger partial charge in [0, 0.05) is 42.3 Å². The van der Waals surface area contributed by atoms with Crippen LogP contribution in [0, 0.1) is 11.3 Å². The third-order valence-electron chi connectivity index (χ3n) is 6.28. The van der Waals surface area contributed by atoms with E-state index in [-0.39, 0.29) is 6.03 Å². The largest absolute Gasteiger partial charge is 0.493 e. The molecule has 2 heterocycles. The van der Waals surface area contributed by atoms with E-state index in [2.05, 4.69) is 33.1 Å². The fraction of sp³-hybridized carbons (Fsp3) is 0.407. The second-order valence-electron chi connectivity index (χ2n) is 8.57. The molecule has 3 aromatic rings. The van der Waals surface area contributed by atoms with Crippen LogP contribution in [0.25, 0.3) is 22.2 Å². The molecule has 0 radical (unpaired) electrons. The molecule has 1 aliphatic heterocycles. The molecule has 0 spiro atoms. The molecule has 1 aliphatic rings. The summed E-state index contributed by atoms with van der Waals surface area (Å²) in [5.74, 6) is 0.823. The first kappa shape index (κ1) is 23.7. The molecule has 0 unspecified atom stereocenters. The van der Waals surface area contributed by atoms with E-state index in [1.807, 2.05) is 49.4 Å². The quantitative estimate of drug-likeness (QED) is 0.431. The highest BCUT2D eigenvalue weighted by Crippen LogP contribution is 2.36. The number of carbonyl (C=O) groups is 1. The van der Waals surface area contributed by atoms with E-state index in [0.717, 1.165) is 40.9 Å². The Labute approximate surface area is 201 Å². The minimum absolute atomic E-state index is 0.247. The fourth-order valence-corrected chi connectivity index (χ4v) is 4.73. The summed E-state index contributed by atoms with van der Waals surface area (Å²) in [4.78, 5) is 14.5. The summed E-state index contributed by atoms with van der Waals surface area (Å²) in [6.45, 7) is 9.38. The molecule has 1 aromatic heterocycles. The molecule has 2 aromatic carbocycles. The van der Waals surface area contributed by atoms with Gasteiger partial charge in [0.25, 0.3) is 0 Å². The number of hydrogen-bond donors (Lipinski definition) is 2. The maximum absolute atomic E-state index is 12.0. The van der Waals surface area contributed by atoms with Gasteiger partial charge in [-0.05, 0) is 70.5 Å². The maximum Gasteiger partial charge on any atom is 0.319 e. The molecule has 0 atom stereocenters. The van der Waals surface area contributed by atoms with Crippen molar-refractivity contribution in [2.75, 3.05) is 38.1 Å². The first-order chi connectivity index (χ1) is 16.6. The highest BCUT2D eigenvalue weighted by atomic mass is 16.5. The average Bonchev–Trinajstić information content (AvgIpc) is 3.47. The Morgan fingerprint density at radius 2 is 1.97 bits per heavy atom. The Hall–Kier alpha value is -3.50. The average molecular weight is 460 g/mol. The third-order valence-corrected chi connectivity index (χ3v) is 6.28. The summed E-state index contributed by atoms with van der Waals surface area (Å²) in [6.07, 6.45) is 3.62. The van der Waals surface area contributed by atoms with Crippen LogP contribution >= 0.6 is 0 Å². The zero-order valence-electron chi connectivity index (χ0n) is 20.1. The van der Waals surface area contributed by atoms with Crippen molar-refractivity contribution < 1.29 is 9.53 Å². The van der Waals surface area contributed by atoms with E-state index >= 15 is 0 Å².